The third kappa shape index (κ3) is 4.90. The van der Waals surface area contributed by atoms with E-state index in [1.165, 1.54) is 13.3 Å². The molecule has 5 rings (SSSR count). The summed E-state index contributed by atoms with van der Waals surface area (Å²) < 4.78 is 33.8. The molecule has 2 fully saturated rings. The Morgan fingerprint density at radius 2 is 1.93 bits per heavy atom. The minimum Gasteiger partial charge on any atom is -0.493 e. The number of halogens is 1. The van der Waals surface area contributed by atoms with Crippen LogP contribution in [0.25, 0.3) is 10.9 Å². The first-order valence-electron chi connectivity index (χ1n) is 12.9. The van der Waals surface area contributed by atoms with Crippen LogP contribution in [0.5, 0.6) is 17.2 Å². The molecule has 11 nitrogen and oxygen atoms in total. The number of rotatable bonds is 9. The molecule has 40 heavy (non-hydrogen) atoms. The lowest BCUT2D eigenvalue weighted by atomic mass is 10.0. The van der Waals surface area contributed by atoms with Gasteiger partial charge < -0.3 is 39.4 Å². The van der Waals surface area contributed by atoms with E-state index in [4.69, 9.17) is 24.8 Å². The molecule has 0 radical (unpaired) electrons. The Morgan fingerprint density at radius 3 is 2.55 bits per heavy atom. The van der Waals surface area contributed by atoms with Gasteiger partial charge in [0.05, 0.1) is 44.0 Å². The average Bonchev–Trinajstić information content (AvgIpc) is 3.79. The molecule has 2 aliphatic rings. The van der Waals surface area contributed by atoms with Crippen molar-refractivity contribution in [3.8, 4) is 17.2 Å². The minimum atomic E-state index is -1.36. The number of benzene rings is 2. The molecule has 12 heteroatoms. The zero-order chi connectivity index (χ0) is 28.6. The topological polar surface area (TPSA) is 138 Å². The van der Waals surface area contributed by atoms with Gasteiger partial charge in [0.2, 0.25) is 5.43 Å². The summed E-state index contributed by atoms with van der Waals surface area (Å²) in [5.41, 5.74) is 7.20. The highest BCUT2D eigenvalue weighted by Gasteiger charge is 2.33. The number of piperidine rings is 1. The van der Waals surface area contributed by atoms with Crippen molar-refractivity contribution in [3.05, 3.63) is 57.6 Å². The molecule has 2 aromatic carbocycles. The van der Waals surface area contributed by atoms with Crippen LogP contribution >= 0.6 is 0 Å². The molecule has 1 saturated heterocycles. The largest absolute Gasteiger partial charge is 0.493 e. The molecule has 3 N–H and O–H groups in total. The third-order valence-electron chi connectivity index (χ3n) is 7.26. The molecular formula is C28H31FN4O7. The molecule has 1 aromatic heterocycles. The molecule has 0 amide bonds. The first-order chi connectivity index (χ1) is 19.3. The zero-order valence-electron chi connectivity index (χ0n) is 22.5. The summed E-state index contributed by atoms with van der Waals surface area (Å²) in [6.45, 7) is 0.743. The van der Waals surface area contributed by atoms with E-state index in [2.05, 4.69) is 5.16 Å². The van der Waals surface area contributed by atoms with Gasteiger partial charge in [0.1, 0.15) is 17.9 Å². The van der Waals surface area contributed by atoms with E-state index in [0.717, 1.165) is 24.5 Å². The Balaban J connectivity index is 1.42. The number of carboxylic acids is 1. The fourth-order valence-corrected chi connectivity index (χ4v) is 5.16. The molecule has 1 aliphatic carbocycles. The van der Waals surface area contributed by atoms with Crippen molar-refractivity contribution >= 4 is 28.3 Å². The lowest BCUT2D eigenvalue weighted by Crippen LogP contribution is -2.49. The molecule has 1 saturated carbocycles. The number of aromatic carboxylic acids is 1. The van der Waals surface area contributed by atoms with Crippen LogP contribution in [-0.2, 0) is 11.4 Å². The summed E-state index contributed by atoms with van der Waals surface area (Å²) >= 11 is 0. The predicted molar refractivity (Wildman–Crippen MR) is 147 cm³/mol. The van der Waals surface area contributed by atoms with E-state index in [9.17, 15) is 14.7 Å². The first kappa shape index (κ1) is 27.3. The van der Waals surface area contributed by atoms with Crippen LogP contribution in [0, 0.1) is 5.82 Å². The number of oxime groups is 1. The number of hydrogen-bond donors (Lipinski definition) is 2. The Hall–Kier alpha value is -4.32. The van der Waals surface area contributed by atoms with Gasteiger partial charge >= 0.3 is 5.97 Å². The maximum absolute atomic E-state index is 15.6. The van der Waals surface area contributed by atoms with E-state index in [1.807, 2.05) is 12.1 Å². The van der Waals surface area contributed by atoms with E-state index in [1.54, 1.807) is 29.8 Å². The van der Waals surface area contributed by atoms with Gasteiger partial charge in [-0.15, -0.1) is 0 Å². The van der Waals surface area contributed by atoms with E-state index >= 15 is 4.39 Å². The standard InChI is InChI=1S/C28H31FN4O7/c1-37-22-6-4-5-15(26(22)38-2)14-40-31-21-9-10-32(13-20(21)30)24-19(29)11-17-23(27(24)39-3)33(16-7-8-16)12-18(25(17)34)28(35)36/h4-6,11-12,16,20H,7-10,13-14,30H2,1-3H3,(H,35,36)/b31-21+. The summed E-state index contributed by atoms with van der Waals surface area (Å²) in [6, 6.07) is 6.01. The fraction of sp³-hybridized carbons (Fsp3) is 0.393. The summed E-state index contributed by atoms with van der Waals surface area (Å²) in [6.07, 6.45) is 3.38. The minimum absolute atomic E-state index is 0.0103. The van der Waals surface area contributed by atoms with Crippen LogP contribution in [0.3, 0.4) is 0 Å². The van der Waals surface area contributed by atoms with E-state index < -0.39 is 28.8 Å². The normalized spacial score (nSPS) is 18.2. The molecule has 0 spiro atoms. The number of aromatic nitrogens is 1. The highest BCUT2D eigenvalue weighted by molar-refractivity contribution is 5.98. The average molecular weight is 555 g/mol. The molecule has 1 unspecified atom stereocenters. The maximum Gasteiger partial charge on any atom is 0.341 e. The second-order valence-electron chi connectivity index (χ2n) is 9.76. The van der Waals surface area contributed by atoms with Crippen molar-refractivity contribution in [1.82, 2.24) is 4.57 Å². The van der Waals surface area contributed by atoms with Crippen molar-refractivity contribution in [2.45, 2.75) is 38.0 Å². The lowest BCUT2D eigenvalue weighted by Gasteiger charge is -2.34. The lowest BCUT2D eigenvalue weighted by molar-refractivity contribution is 0.0694. The van der Waals surface area contributed by atoms with Crippen LogP contribution in [0.4, 0.5) is 10.1 Å². The highest BCUT2D eigenvalue weighted by Crippen LogP contribution is 2.44. The number of ether oxygens (including phenoxy) is 3. The second-order valence-corrected chi connectivity index (χ2v) is 9.76. The number of nitrogens with two attached hydrogens (primary N) is 1. The number of fused-ring (bicyclic) bond motifs is 1. The molecule has 1 aliphatic heterocycles. The van der Waals surface area contributed by atoms with Crippen molar-refractivity contribution in [1.29, 1.82) is 0 Å². The number of pyridine rings is 1. The smallest absolute Gasteiger partial charge is 0.341 e. The van der Waals surface area contributed by atoms with E-state index in [0.29, 0.717) is 35.7 Å². The molecule has 1 atom stereocenters. The zero-order valence-corrected chi connectivity index (χ0v) is 22.5. The summed E-state index contributed by atoms with van der Waals surface area (Å²) in [5.74, 6) is -0.738. The fourth-order valence-electron chi connectivity index (χ4n) is 5.16. The molecule has 0 bridgehead atoms. The van der Waals surface area contributed by atoms with Crippen LogP contribution in [0.15, 0.2) is 40.4 Å². The van der Waals surface area contributed by atoms with Crippen molar-refractivity contribution in [2.24, 2.45) is 10.9 Å². The van der Waals surface area contributed by atoms with Gasteiger partial charge in [-0.3, -0.25) is 4.79 Å². The summed E-state index contributed by atoms with van der Waals surface area (Å²) in [4.78, 5) is 32.0. The van der Waals surface area contributed by atoms with Gasteiger partial charge in [-0.25, -0.2) is 9.18 Å². The summed E-state index contributed by atoms with van der Waals surface area (Å²) in [5, 5.41) is 13.8. The first-order valence-corrected chi connectivity index (χ1v) is 12.9. The van der Waals surface area contributed by atoms with Crippen molar-refractivity contribution in [2.75, 3.05) is 39.3 Å². The van der Waals surface area contributed by atoms with Crippen molar-refractivity contribution in [3.63, 3.8) is 0 Å². The second kappa shape index (κ2) is 11.0. The molecule has 3 aromatic rings. The van der Waals surface area contributed by atoms with Gasteiger partial charge in [-0.2, -0.15) is 0 Å². The molecular weight excluding hydrogens is 523 g/mol. The number of carbonyl (C=O) groups is 1. The number of nitrogens with zero attached hydrogens (tertiary/aromatic N) is 3. The number of hydrogen-bond acceptors (Lipinski definition) is 9. The van der Waals surface area contributed by atoms with Crippen LogP contribution in [0.1, 0.15) is 41.2 Å². The number of para-hydroxylation sites is 1. The SMILES string of the molecule is COc1cccc(CO/N=C2\CCN(c3c(F)cc4c(=O)c(C(=O)O)cn(C5CC5)c4c3OC)CC2N)c1OC. The molecule has 212 valence electrons. The van der Waals surface area contributed by atoms with E-state index in [-0.39, 0.29) is 36.0 Å². The summed E-state index contributed by atoms with van der Waals surface area (Å²) in [7, 11) is 4.51. The molecule has 2 heterocycles. The Morgan fingerprint density at radius 1 is 1.18 bits per heavy atom. The predicted octanol–water partition coefficient (Wildman–Crippen LogP) is 3.31. The Labute approximate surface area is 229 Å². The highest BCUT2D eigenvalue weighted by atomic mass is 19.1. The van der Waals surface area contributed by atoms with Gasteiger partial charge in [-0.05, 0) is 25.0 Å². The monoisotopic (exact) mass is 554 g/mol. The maximum atomic E-state index is 15.6. The van der Waals surface area contributed by atoms with Gasteiger partial charge in [0.15, 0.2) is 23.1 Å². The number of anilines is 1. The van der Waals surface area contributed by atoms with Gasteiger partial charge in [0, 0.05) is 37.3 Å². The van der Waals surface area contributed by atoms with Crippen LogP contribution in [0.2, 0.25) is 0 Å². The third-order valence-corrected chi connectivity index (χ3v) is 7.26. The van der Waals surface area contributed by atoms with Crippen LogP contribution in [-0.4, -0.2) is 61.8 Å². The quantitative estimate of drug-likeness (QED) is 0.382. The van der Waals surface area contributed by atoms with Crippen molar-refractivity contribution < 1.29 is 33.3 Å². The Bertz CT molecular complexity index is 1550. The van der Waals surface area contributed by atoms with Gasteiger partial charge in [0.25, 0.3) is 0 Å². The Kier molecular flexibility index (Phi) is 7.53. The number of methoxy groups -OCH3 is 3. The van der Waals surface area contributed by atoms with Gasteiger partial charge in [-0.1, -0.05) is 17.3 Å². The number of carboxylic acid groups (broad SMARTS) is 1. The van der Waals surface area contributed by atoms with Crippen LogP contribution < -0.4 is 30.3 Å².